The van der Waals surface area contributed by atoms with Gasteiger partial charge >= 0.3 is 5.97 Å². The van der Waals surface area contributed by atoms with Crippen molar-refractivity contribution in [3.8, 4) is 0 Å². The molecule has 0 unspecified atom stereocenters. The topological polar surface area (TPSA) is 40.5 Å². The molecule has 3 saturated heterocycles. The molecule has 0 spiro atoms. The Kier molecular flexibility index (Phi) is 3.31. The molecule has 19 heavy (non-hydrogen) atoms. The SMILES string of the molecule is O=C(O)CCc1ccc(C23CCN(CC2)CC3)cc1. The zero-order valence-corrected chi connectivity index (χ0v) is 11.3. The average Bonchev–Trinajstić information content (AvgIpc) is 2.47. The molecule has 0 aromatic heterocycles. The van der Waals surface area contributed by atoms with Gasteiger partial charge in [-0.2, -0.15) is 0 Å². The second-order valence-corrected chi connectivity index (χ2v) is 5.96. The number of aryl methyl sites for hydroxylation is 1. The molecular weight excluding hydrogens is 238 g/mol. The molecule has 0 aliphatic carbocycles. The van der Waals surface area contributed by atoms with Crippen LogP contribution in [-0.2, 0) is 16.6 Å². The van der Waals surface area contributed by atoms with Crippen LogP contribution in [0.1, 0.15) is 36.8 Å². The number of rotatable bonds is 4. The fourth-order valence-electron chi connectivity index (χ4n) is 3.54. The van der Waals surface area contributed by atoms with Crippen LogP contribution in [0.3, 0.4) is 0 Å². The largest absolute Gasteiger partial charge is 0.481 e. The Hall–Kier alpha value is -1.35. The molecule has 102 valence electrons. The zero-order valence-electron chi connectivity index (χ0n) is 11.3. The number of aliphatic carboxylic acids is 1. The summed E-state index contributed by atoms with van der Waals surface area (Å²) in [7, 11) is 0. The first-order valence-electron chi connectivity index (χ1n) is 7.22. The number of nitrogens with zero attached hydrogens (tertiary/aromatic N) is 1. The summed E-state index contributed by atoms with van der Waals surface area (Å²) in [6.45, 7) is 3.71. The highest BCUT2D eigenvalue weighted by molar-refractivity contribution is 5.67. The highest BCUT2D eigenvalue weighted by Crippen LogP contribution is 2.42. The maximum Gasteiger partial charge on any atom is 0.303 e. The number of carboxylic acid groups (broad SMARTS) is 1. The van der Waals surface area contributed by atoms with Crippen LogP contribution in [0.2, 0.25) is 0 Å². The van der Waals surface area contributed by atoms with E-state index in [1.54, 1.807) is 0 Å². The molecule has 4 rings (SSSR count). The summed E-state index contributed by atoms with van der Waals surface area (Å²) >= 11 is 0. The molecule has 3 fully saturated rings. The van der Waals surface area contributed by atoms with Crippen LogP contribution < -0.4 is 0 Å². The molecular formula is C16H21NO2. The molecule has 3 aliphatic rings. The first-order valence-corrected chi connectivity index (χ1v) is 7.22. The zero-order chi connectivity index (χ0) is 13.3. The molecule has 3 nitrogen and oxygen atoms in total. The minimum Gasteiger partial charge on any atom is -0.481 e. The number of carbonyl (C=O) groups is 1. The van der Waals surface area contributed by atoms with E-state index in [1.807, 2.05) is 0 Å². The Balaban J connectivity index is 1.73. The molecule has 0 atom stereocenters. The molecule has 3 heteroatoms. The molecule has 0 amide bonds. The van der Waals surface area contributed by atoms with Gasteiger partial charge in [-0.15, -0.1) is 0 Å². The van der Waals surface area contributed by atoms with Crippen molar-refractivity contribution in [2.45, 2.75) is 37.5 Å². The predicted octanol–water partition coefficient (Wildman–Crippen LogP) is 2.44. The number of fused-ring (bicyclic) bond motifs is 3. The second kappa shape index (κ2) is 4.97. The predicted molar refractivity (Wildman–Crippen MR) is 74.4 cm³/mol. The minimum atomic E-state index is -0.720. The van der Waals surface area contributed by atoms with Gasteiger partial charge in [0.05, 0.1) is 0 Å². The molecule has 2 bridgehead atoms. The number of carboxylic acids is 1. The molecule has 3 aliphatic heterocycles. The van der Waals surface area contributed by atoms with Crippen molar-refractivity contribution in [3.05, 3.63) is 35.4 Å². The van der Waals surface area contributed by atoms with E-state index in [9.17, 15) is 4.79 Å². The van der Waals surface area contributed by atoms with Crippen LogP contribution in [0.15, 0.2) is 24.3 Å². The quantitative estimate of drug-likeness (QED) is 0.903. The third-order valence-corrected chi connectivity index (χ3v) is 4.91. The summed E-state index contributed by atoms with van der Waals surface area (Å²) in [5.74, 6) is -0.720. The van der Waals surface area contributed by atoms with Crippen LogP contribution >= 0.6 is 0 Å². The molecule has 3 heterocycles. The van der Waals surface area contributed by atoms with Gasteiger partial charge in [-0.3, -0.25) is 4.79 Å². The van der Waals surface area contributed by atoms with Gasteiger partial charge in [0.1, 0.15) is 0 Å². The normalized spacial score (nSPS) is 29.4. The Morgan fingerprint density at radius 3 is 2.21 bits per heavy atom. The van der Waals surface area contributed by atoms with E-state index < -0.39 is 5.97 Å². The Bertz CT molecular complexity index is 444. The summed E-state index contributed by atoms with van der Waals surface area (Å²) in [5.41, 5.74) is 3.00. The van der Waals surface area contributed by atoms with E-state index in [-0.39, 0.29) is 6.42 Å². The second-order valence-electron chi connectivity index (χ2n) is 5.96. The lowest BCUT2D eigenvalue weighted by molar-refractivity contribution is -0.136. The fourth-order valence-corrected chi connectivity index (χ4v) is 3.54. The van der Waals surface area contributed by atoms with Gasteiger partial charge in [0.15, 0.2) is 0 Å². The Labute approximate surface area is 114 Å². The van der Waals surface area contributed by atoms with Crippen LogP contribution in [-0.4, -0.2) is 35.6 Å². The molecule has 1 aromatic carbocycles. The van der Waals surface area contributed by atoms with Crippen molar-refractivity contribution in [3.63, 3.8) is 0 Å². The van der Waals surface area contributed by atoms with E-state index in [2.05, 4.69) is 29.2 Å². The Morgan fingerprint density at radius 1 is 1.11 bits per heavy atom. The van der Waals surface area contributed by atoms with Crippen molar-refractivity contribution in [2.75, 3.05) is 19.6 Å². The molecule has 0 radical (unpaired) electrons. The lowest BCUT2D eigenvalue weighted by Crippen LogP contribution is -2.50. The highest BCUT2D eigenvalue weighted by atomic mass is 16.4. The number of benzene rings is 1. The van der Waals surface area contributed by atoms with Gasteiger partial charge in [-0.25, -0.2) is 0 Å². The minimum absolute atomic E-state index is 0.222. The van der Waals surface area contributed by atoms with E-state index in [4.69, 9.17) is 5.11 Å². The van der Waals surface area contributed by atoms with E-state index in [0.29, 0.717) is 11.8 Å². The van der Waals surface area contributed by atoms with Crippen LogP contribution in [0.4, 0.5) is 0 Å². The summed E-state index contributed by atoms with van der Waals surface area (Å²) < 4.78 is 0. The van der Waals surface area contributed by atoms with Gasteiger partial charge in [-0.05, 0) is 61.9 Å². The number of hydrogen-bond donors (Lipinski definition) is 1. The van der Waals surface area contributed by atoms with Crippen LogP contribution in [0.25, 0.3) is 0 Å². The fraction of sp³-hybridized carbons (Fsp3) is 0.562. The first kappa shape index (κ1) is 12.7. The van der Waals surface area contributed by atoms with E-state index >= 15 is 0 Å². The monoisotopic (exact) mass is 259 g/mol. The highest BCUT2D eigenvalue weighted by Gasteiger charge is 2.40. The standard InChI is InChI=1S/C16H21NO2/c18-15(19)6-3-13-1-4-14(5-2-13)16-7-10-17(11-8-16)12-9-16/h1-2,4-5H,3,6-12H2,(H,18,19). The van der Waals surface area contributed by atoms with Crippen molar-refractivity contribution in [2.24, 2.45) is 0 Å². The molecule has 1 N–H and O–H groups in total. The number of hydrogen-bond acceptors (Lipinski definition) is 2. The maximum absolute atomic E-state index is 10.6. The van der Waals surface area contributed by atoms with Crippen LogP contribution in [0, 0.1) is 0 Å². The average molecular weight is 259 g/mol. The van der Waals surface area contributed by atoms with Crippen molar-refractivity contribution in [1.82, 2.24) is 4.90 Å². The first-order chi connectivity index (χ1) is 9.18. The molecule has 0 saturated carbocycles. The summed E-state index contributed by atoms with van der Waals surface area (Å²) in [4.78, 5) is 13.1. The third kappa shape index (κ3) is 2.52. The third-order valence-electron chi connectivity index (χ3n) is 4.91. The smallest absolute Gasteiger partial charge is 0.303 e. The van der Waals surface area contributed by atoms with E-state index in [1.165, 1.54) is 44.5 Å². The number of piperidine rings is 3. The molecule has 1 aromatic rings. The van der Waals surface area contributed by atoms with Gasteiger partial charge in [0, 0.05) is 6.42 Å². The van der Waals surface area contributed by atoms with Crippen molar-refractivity contribution < 1.29 is 9.90 Å². The lowest BCUT2D eigenvalue weighted by Gasteiger charge is -2.49. The van der Waals surface area contributed by atoms with Crippen molar-refractivity contribution >= 4 is 5.97 Å². The van der Waals surface area contributed by atoms with Crippen molar-refractivity contribution in [1.29, 1.82) is 0 Å². The Morgan fingerprint density at radius 2 is 1.68 bits per heavy atom. The van der Waals surface area contributed by atoms with Gasteiger partial charge < -0.3 is 10.0 Å². The summed E-state index contributed by atoms with van der Waals surface area (Å²) in [6.07, 6.45) is 4.69. The van der Waals surface area contributed by atoms with Gasteiger partial charge in [-0.1, -0.05) is 24.3 Å². The summed E-state index contributed by atoms with van der Waals surface area (Å²) in [5, 5.41) is 8.71. The van der Waals surface area contributed by atoms with Gasteiger partial charge in [0.25, 0.3) is 0 Å². The van der Waals surface area contributed by atoms with Gasteiger partial charge in [0.2, 0.25) is 0 Å². The lowest BCUT2D eigenvalue weighted by atomic mass is 9.67. The van der Waals surface area contributed by atoms with E-state index in [0.717, 1.165) is 5.56 Å². The summed E-state index contributed by atoms with van der Waals surface area (Å²) in [6, 6.07) is 8.71. The maximum atomic E-state index is 10.6. The van der Waals surface area contributed by atoms with Crippen LogP contribution in [0.5, 0.6) is 0 Å².